The lowest BCUT2D eigenvalue weighted by Gasteiger charge is -1.97. The van der Waals surface area contributed by atoms with Gasteiger partial charge < -0.3 is 9.84 Å². The topological polar surface area (TPSA) is 51.0 Å². The Morgan fingerprint density at radius 1 is 1.33 bits per heavy atom. The van der Waals surface area contributed by atoms with Crippen molar-refractivity contribution in [1.82, 2.24) is 15.5 Å². The van der Waals surface area contributed by atoms with Gasteiger partial charge in [0, 0.05) is 22.3 Å². The van der Waals surface area contributed by atoms with E-state index in [-0.39, 0.29) is 0 Å². The van der Waals surface area contributed by atoms with Gasteiger partial charge in [0.15, 0.2) is 5.82 Å². The molecule has 0 atom stereocenters. The summed E-state index contributed by atoms with van der Waals surface area (Å²) in [6.07, 6.45) is 0.770. The standard InChI is InChI=1S/C12H14BrN3OS/c1-14-7-6-12-15-11(16-17-12)8-18-10-4-2-9(13)3-5-10/h2-5,14H,6-8H2,1H3. The van der Waals surface area contributed by atoms with Crippen molar-refractivity contribution in [2.75, 3.05) is 13.6 Å². The van der Waals surface area contributed by atoms with E-state index in [0.717, 1.165) is 29.0 Å². The predicted octanol–water partition coefficient (Wildman–Crippen LogP) is 2.89. The van der Waals surface area contributed by atoms with Crippen molar-refractivity contribution in [1.29, 1.82) is 0 Å². The maximum absolute atomic E-state index is 5.15. The van der Waals surface area contributed by atoms with Gasteiger partial charge in [-0.2, -0.15) is 4.98 Å². The number of benzene rings is 1. The molecule has 96 valence electrons. The summed E-state index contributed by atoms with van der Waals surface area (Å²) in [6.45, 7) is 0.849. The average Bonchev–Trinajstić information content (AvgIpc) is 2.84. The van der Waals surface area contributed by atoms with Crippen LogP contribution in [-0.2, 0) is 12.2 Å². The second kappa shape index (κ2) is 6.92. The first-order valence-corrected chi connectivity index (χ1v) is 7.40. The van der Waals surface area contributed by atoms with Gasteiger partial charge in [-0.05, 0) is 31.3 Å². The Morgan fingerprint density at radius 3 is 2.83 bits per heavy atom. The Kier molecular flexibility index (Phi) is 5.22. The number of rotatable bonds is 6. The molecule has 0 saturated heterocycles. The minimum Gasteiger partial charge on any atom is -0.339 e. The van der Waals surface area contributed by atoms with Gasteiger partial charge >= 0.3 is 0 Å². The first-order chi connectivity index (χ1) is 8.78. The highest BCUT2D eigenvalue weighted by atomic mass is 79.9. The first kappa shape index (κ1) is 13.6. The van der Waals surface area contributed by atoms with E-state index in [1.807, 2.05) is 19.2 Å². The summed E-state index contributed by atoms with van der Waals surface area (Å²) < 4.78 is 6.24. The first-order valence-electron chi connectivity index (χ1n) is 5.62. The van der Waals surface area contributed by atoms with Crippen molar-refractivity contribution in [3.8, 4) is 0 Å². The molecule has 1 N–H and O–H groups in total. The molecule has 0 amide bonds. The molecular weight excluding hydrogens is 314 g/mol. The molecule has 0 aliphatic carbocycles. The van der Waals surface area contributed by atoms with Crippen LogP contribution in [-0.4, -0.2) is 23.7 Å². The fourth-order valence-electron chi connectivity index (χ4n) is 1.36. The van der Waals surface area contributed by atoms with Gasteiger partial charge in [0.1, 0.15) is 0 Å². The van der Waals surface area contributed by atoms with E-state index >= 15 is 0 Å². The fraction of sp³-hybridized carbons (Fsp3) is 0.333. The number of halogens is 1. The number of aromatic nitrogens is 2. The van der Waals surface area contributed by atoms with Crippen LogP contribution in [0.2, 0.25) is 0 Å². The van der Waals surface area contributed by atoms with Gasteiger partial charge in [0.25, 0.3) is 0 Å². The van der Waals surface area contributed by atoms with Gasteiger partial charge in [0.05, 0.1) is 5.75 Å². The summed E-state index contributed by atoms with van der Waals surface area (Å²) in [5.74, 6) is 2.16. The van der Waals surface area contributed by atoms with Crippen LogP contribution in [0.15, 0.2) is 38.2 Å². The number of likely N-dealkylation sites (N-methyl/N-ethyl adjacent to an activating group) is 1. The molecule has 0 fully saturated rings. The maximum Gasteiger partial charge on any atom is 0.227 e. The quantitative estimate of drug-likeness (QED) is 0.827. The zero-order chi connectivity index (χ0) is 12.8. The van der Waals surface area contributed by atoms with E-state index in [0.29, 0.717) is 5.89 Å². The molecule has 0 unspecified atom stereocenters. The molecule has 0 aliphatic heterocycles. The molecule has 0 saturated carbocycles. The molecule has 0 spiro atoms. The Morgan fingerprint density at radius 2 is 2.11 bits per heavy atom. The number of hydrogen-bond acceptors (Lipinski definition) is 5. The Hall–Kier alpha value is -0.850. The van der Waals surface area contributed by atoms with Crippen LogP contribution >= 0.6 is 27.7 Å². The van der Waals surface area contributed by atoms with E-state index in [1.165, 1.54) is 4.90 Å². The summed E-state index contributed by atoms with van der Waals surface area (Å²) in [5, 5.41) is 7.01. The highest BCUT2D eigenvalue weighted by molar-refractivity contribution is 9.10. The Bertz CT molecular complexity index is 486. The smallest absolute Gasteiger partial charge is 0.227 e. The molecule has 4 nitrogen and oxygen atoms in total. The Labute approximate surface area is 119 Å². The van der Waals surface area contributed by atoms with Gasteiger partial charge in [0.2, 0.25) is 5.89 Å². The SMILES string of the molecule is CNCCc1nc(CSc2ccc(Br)cc2)no1. The van der Waals surface area contributed by atoms with Crippen LogP contribution in [0.1, 0.15) is 11.7 Å². The van der Waals surface area contributed by atoms with E-state index in [9.17, 15) is 0 Å². The minimum atomic E-state index is 0.691. The summed E-state index contributed by atoms with van der Waals surface area (Å²) >= 11 is 5.11. The molecule has 18 heavy (non-hydrogen) atoms. The van der Waals surface area contributed by atoms with Crippen LogP contribution in [0, 0.1) is 0 Å². The second-order valence-corrected chi connectivity index (χ2v) is 5.66. The molecule has 0 aliphatic rings. The summed E-state index contributed by atoms with van der Waals surface area (Å²) in [7, 11) is 1.90. The van der Waals surface area contributed by atoms with Crippen molar-refractivity contribution >= 4 is 27.7 Å². The average molecular weight is 328 g/mol. The zero-order valence-electron chi connectivity index (χ0n) is 10.0. The number of nitrogens with zero attached hydrogens (tertiary/aromatic N) is 2. The second-order valence-electron chi connectivity index (χ2n) is 3.70. The normalized spacial score (nSPS) is 10.8. The summed E-state index contributed by atoms with van der Waals surface area (Å²) in [6, 6.07) is 8.18. The highest BCUT2D eigenvalue weighted by Crippen LogP contribution is 2.23. The van der Waals surface area contributed by atoms with E-state index in [4.69, 9.17) is 4.52 Å². The number of thioether (sulfide) groups is 1. The van der Waals surface area contributed by atoms with Gasteiger partial charge in [-0.1, -0.05) is 21.1 Å². The van der Waals surface area contributed by atoms with Crippen LogP contribution in [0.4, 0.5) is 0 Å². The largest absolute Gasteiger partial charge is 0.339 e. The fourth-order valence-corrected chi connectivity index (χ4v) is 2.37. The monoisotopic (exact) mass is 327 g/mol. The summed E-state index contributed by atoms with van der Waals surface area (Å²) in [5.41, 5.74) is 0. The number of nitrogens with one attached hydrogen (secondary N) is 1. The zero-order valence-corrected chi connectivity index (χ0v) is 12.4. The molecule has 1 heterocycles. The van der Waals surface area contributed by atoms with Gasteiger partial charge in [-0.3, -0.25) is 0 Å². The van der Waals surface area contributed by atoms with Crippen LogP contribution in [0.3, 0.4) is 0 Å². The summed E-state index contributed by atoms with van der Waals surface area (Å²) in [4.78, 5) is 5.53. The third-order valence-corrected chi connectivity index (χ3v) is 3.82. The molecule has 2 rings (SSSR count). The maximum atomic E-state index is 5.15. The third kappa shape index (κ3) is 4.12. The van der Waals surface area contributed by atoms with Crippen LogP contribution in [0.5, 0.6) is 0 Å². The van der Waals surface area contributed by atoms with E-state index in [2.05, 4.69) is 43.5 Å². The molecular formula is C12H14BrN3OS. The molecule has 1 aromatic carbocycles. The van der Waals surface area contributed by atoms with Crippen LogP contribution in [0.25, 0.3) is 0 Å². The predicted molar refractivity (Wildman–Crippen MR) is 75.6 cm³/mol. The van der Waals surface area contributed by atoms with E-state index in [1.54, 1.807) is 11.8 Å². The van der Waals surface area contributed by atoms with Crippen molar-refractivity contribution in [3.05, 3.63) is 40.5 Å². The lowest BCUT2D eigenvalue weighted by Crippen LogP contribution is -2.10. The lowest BCUT2D eigenvalue weighted by molar-refractivity contribution is 0.373. The van der Waals surface area contributed by atoms with Crippen LogP contribution < -0.4 is 5.32 Å². The van der Waals surface area contributed by atoms with E-state index < -0.39 is 0 Å². The van der Waals surface area contributed by atoms with Gasteiger partial charge in [-0.25, -0.2) is 0 Å². The minimum absolute atomic E-state index is 0.691. The molecule has 1 aromatic heterocycles. The molecule has 6 heteroatoms. The highest BCUT2D eigenvalue weighted by Gasteiger charge is 2.06. The van der Waals surface area contributed by atoms with Gasteiger partial charge in [-0.15, -0.1) is 11.8 Å². The molecule has 0 bridgehead atoms. The Balaban J connectivity index is 1.86. The van der Waals surface area contributed by atoms with Crippen molar-refractivity contribution in [2.24, 2.45) is 0 Å². The van der Waals surface area contributed by atoms with Crippen molar-refractivity contribution in [3.63, 3.8) is 0 Å². The molecule has 0 radical (unpaired) electrons. The van der Waals surface area contributed by atoms with Crippen molar-refractivity contribution < 1.29 is 4.52 Å². The molecule has 2 aromatic rings. The lowest BCUT2D eigenvalue weighted by atomic mass is 10.4. The number of hydrogen-bond donors (Lipinski definition) is 1. The van der Waals surface area contributed by atoms with Crippen molar-refractivity contribution in [2.45, 2.75) is 17.1 Å². The third-order valence-electron chi connectivity index (χ3n) is 2.28.